The molecule has 3 heterocycles. The molecule has 5 rings (SSSR count). The van der Waals surface area contributed by atoms with Gasteiger partial charge in [-0.05, 0) is 76.2 Å². The Morgan fingerprint density at radius 2 is 1.58 bits per heavy atom. The van der Waals surface area contributed by atoms with Crippen molar-refractivity contribution in [2.24, 2.45) is 5.73 Å². The third kappa shape index (κ3) is 9.15. The molecular formula is C32H45N7O10S3. The van der Waals surface area contributed by atoms with Crippen LogP contribution in [0.5, 0.6) is 0 Å². The number of urea groups is 1. The first-order valence-electron chi connectivity index (χ1n) is 17.2. The normalized spacial score (nSPS) is 20.6. The molecule has 0 aromatic heterocycles. The van der Waals surface area contributed by atoms with E-state index in [0.29, 0.717) is 37.5 Å². The van der Waals surface area contributed by atoms with Gasteiger partial charge in [-0.1, -0.05) is 12.8 Å². The van der Waals surface area contributed by atoms with Crippen LogP contribution in [0.2, 0.25) is 0 Å². The molecule has 20 heteroatoms. The van der Waals surface area contributed by atoms with E-state index in [-0.39, 0.29) is 52.5 Å². The van der Waals surface area contributed by atoms with E-state index in [9.17, 15) is 45.1 Å². The van der Waals surface area contributed by atoms with Gasteiger partial charge in [0.1, 0.15) is 4.90 Å². The van der Waals surface area contributed by atoms with E-state index in [0.717, 1.165) is 74.0 Å². The molecule has 3 aliphatic rings. The predicted molar refractivity (Wildman–Crippen MR) is 194 cm³/mol. The van der Waals surface area contributed by atoms with Gasteiger partial charge in [-0.25, -0.2) is 4.79 Å². The number of fused-ring (bicyclic) bond motifs is 1. The number of carbonyl (C=O) groups is 4. The molecule has 0 bridgehead atoms. The lowest BCUT2D eigenvalue weighted by atomic mass is 9.93. The number of amides is 5. The summed E-state index contributed by atoms with van der Waals surface area (Å²) in [7, 11) is -9.83. The van der Waals surface area contributed by atoms with Crippen molar-refractivity contribution in [2.45, 2.75) is 91.0 Å². The summed E-state index contributed by atoms with van der Waals surface area (Å²) in [6, 6.07) is 2.32. The summed E-state index contributed by atoms with van der Waals surface area (Å²) in [6.45, 7) is 1.94. The molecule has 2 saturated heterocycles. The van der Waals surface area contributed by atoms with Gasteiger partial charge in [0.2, 0.25) is 5.91 Å². The van der Waals surface area contributed by atoms with Gasteiger partial charge in [-0.15, -0.1) is 0 Å². The summed E-state index contributed by atoms with van der Waals surface area (Å²) in [5.41, 5.74) is 10.8. The molecule has 0 spiro atoms. The number of carbonyl (C=O) groups excluding carboxylic acids is 4. The summed E-state index contributed by atoms with van der Waals surface area (Å²) in [5.74, 6) is -1.04. The van der Waals surface area contributed by atoms with E-state index < -0.39 is 53.6 Å². The number of anilines is 1. The average molecular weight is 784 g/mol. The Hall–Kier alpha value is -3.53. The summed E-state index contributed by atoms with van der Waals surface area (Å²) < 4.78 is 67.2. The number of thioether (sulfide) groups is 1. The molecule has 52 heavy (non-hydrogen) atoms. The fraction of sp³-hybridized carbons (Fsp3) is 0.562. The Morgan fingerprint density at radius 1 is 0.904 bits per heavy atom. The monoisotopic (exact) mass is 783 g/mol. The first kappa shape index (κ1) is 39.7. The van der Waals surface area contributed by atoms with E-state index in [4.69, 9.17) is 11.5 Å². The zero-order valence-electron chi connectivity index (χ0n) is 28.4. The molecular weight excluding hydrogens is 739 g/mol. The molecule has 0 aliphatic carbocycles. The van der Waals surface area contributed by atoms with Gasteiger partial charge < -0.3 is 32.7 Å². The van der Waals surface area contributed by atoms with Crippen molar-refractivity contribution < 1.29 is 45.1 Å². The van der Waals surface area contributed by atoms with Gasteiger partial charge in [-0.3, -0.25) is 28.4 Å². The Kier molecular flexibility index (Phi) is 12.7. The van der Waals surface area contributed by atoms with Crippen LogP contribution in [-0.4, -0.2) is 110 Å². The minimum Gasteiger partial charge on any atom is -0.397 e. The van der Waals surface area contributed by atoms with Crippen molar-refractivity contribution in [1.29, 1.82) is 0 Å². The number of nitrogens with zero attached hydrogens (tertiary/aromatic N) is 1. The second kappa shape index (κ2) is 16.6. The van der Waals surface area contributed by atoms with Crippen molar-refractivity contribution in [3.05, 3.63) is 29.3 Å². The summed E-state index contributed by atoms with van der Waals surface area (Å²) >= 11 is 1.92. The number of unbranched alkanes of at least 4 members (excludes halogenated alkanes) is 4. The van der Waals surface area contributed by atoms with Crippen molar-refractivity contribution in [3.63, 3.8) is 0 Å². The number of nitrogen functional groups attached to an aromatic ring is 1. The maximum atomic E-state index is 13.4. The number of nitrogens with one attached hydrogen (secondary N) is 4. The van der Waals surface area contributed by atoms with Crippen molar-refractivity contribution in [2.75, 3.05) is 37.7 Å². The van der Waals surface area contributed by atoms with Gasteiger partial charge in [0.15, 0.2) is 0 Å². The molecule has 2 aromatic carbocycles. The first-order chi connectivity index (χ1) is 24.6. The van der Waals surface area contributed by atoms with Crippen LogP contribution in [-0.2, 0) is 25.0 Å². The third-order valence-corrected chi connectivity index (χ3v) is 12.8. The van der Waals surface area contributed by atoms with E-state index in [1.54, 1.807) is 0 Å². The molecule has 17 nitrogen and oxygen atoms in total. The highest BCUT2D eigenvalue weighted by molar-refractivity contribution is 8.00. The molecule has 2 aromatic rings. The molecule has 2 fully saturated rings. The Balaban J connectivity index is 0.990. The average Bonchev–Trinajstić information content (AvgIpc) is 3.63. The fourth-order valence-electron chi connectivity index (χ4n) is 6.84. The van der Waals surface area contributed by atoms with Crippen molar-refractivity contribution >= 4 is 72.2 Å². The van der Waals surface area contributed by atoms with Gasteiger partial charge in [0.05, 0.1) is 39.8 Å². The maximum absolute atomic E-state index is 13.4. The molecule has 0 saturated carbocycles. The van der Waals surface area contributed by atoms with Crippen molar-refractivity contribution in [3.8, 4) is 0 Å². The third-order valence-electron chi connectivity index (χ3n) is 9.58. The minimum atomic E-state index is -4.96. The lowest BCUT2D eigenvalue weighted by Crippen LogP contribution is -2.41. The highest BCUT2D eigenvalue weighted by Gasteiger charge is 2.42. The molecule has 4 atom stereocenters. The van der Waals surface area contributed by atoms with E-state index >= 15 is 0 Å². The largest absolute Gasteiger partial charge is 0.397 e. The molecule has 286 valence electrons. The predicted octanol–water partition coefficient (Wildman–Crippen LogP) is 1.22. The van der Waals surface area contributed by atoms with Crippen LogP contribution in [0.3, 0.4) is 0 Å². The summed E-state index contributed by atoms with van der Waals surface area (Å²) in [4.78, 5) is 50.0. The van der Waals surface area contributed by atoms with Crippen LogP contribution in [0.15, 0.2) is 28.0 Å². The lowest BCUT2D eigenvalue weighted by molar-refractivity contribution is -0.122. The van der Waals surface area contributed by atoms with E-state index in [1.165, 1.54) is 0 Å². The Labute approximate surface area is 306 Å². The summed E-state index contributed by atoms with van der Waals surface area (Å²) in [6.07, 6.45) is 6.72. The number of benzene rings is 2. The number of imide groups is 1. The second-order valence-corrected chi connectivity index (χ2v) is 17.3. The van der Waals surface area contributed by atoms with Crippen LogP contribution in [0.25, 0.3) is 10.8 Å². The number of rotatable bonds is 19. The Bertz CT molecular complexity index is 1920. The van der Waals surface area contributed by atoms with Crippen LogP contribution in [0.4, 0.5) is 10.5 Å². The maximum Gasteiger partial charge on any atom is 0.315 e. The van der Waals surface area contributed by atoms with Crippen LogP contribution in [0, 0.1) is 0 Å². The van der Waals surface area contributed by atoms with Crippen LogP contribution in [0.1, 0.15) is 78.5 Å². The van der Waals surface area contributed by atoms with E-state index in [2.05, 4.69) is 21.3 Å². The van der Waals surface area contributed by atoms with Gasteiger partial charge >= 0.3 is 6.03 Å². The van der Waals surface area contributed by atoms with Crippen LogP contribution >= 0.6 is 11.8 Å². The standard InChI is InChI=1S/C32H45N7O10S3/c33-22(8-2-5-10-35-11-6-3-9-24-28-23(17-50-24)37-32(43)38-28)29(40)36-12-4-1-7-13-39-30(41)20-15-18(51(44,45)46)14-19-26(20)21(31(39)42)16-25(27(19)34)52(47,48)49/h14-16,22-24,28,35H,1-13,17,33-34H2,(H,36,40)(H2,37,38,43)(H,44,45,46)(H,47,48,49)/t22?,23-,24-,28-/m0/s1. The van der Waals surface area contributed by atoms with Gasteiger partial charge in [0.25, 0.3) is 32.1 Å². The van der Waals surface area contributed by atoms with Gasteiger partial charge in [-0.2, -0.15) is 28.6 Å². The zero-order chi connectivity index (χ0) is 37.8. The molecule has 1 unspecified atom stereocenters. The van der Waals surface area contributed by atoms with E-state index in [1.807, 2.05) is 11.8 Å². The zero-order valence-corrected chi connectivity index (χ0v) is 30.9. The van der Waals surface area contributed by atoms with Gasteiger partial charge in [0, 0.05) is 34.9 Å². The Morgan fingerprint density at radius 3 is 2.27 bits per heavy atom. The fourth-order valence-corrected chi connectivity index (χ4v) is 9.57. The summed E-state index contributed by atoms with van der Waals surface area (Å²) in [5, 5.41) is 12.3. The number of nitrogens with two attached hydrogens (primary N) is 2. The topological polar surface area (TPSA) is 280 Å². The number of hydrogen-bond acceptors (Lipinski definition) is 12. The highest BCUT2D eigenvalue weighted by Crippen LogP contribution is 2.39. The highest BCUT2D eigenvalue weighted by atomic mass is 32.2. The first-order valence-corrected chi connectivity index (χ1v) is 21.1. The molecule has 0 radical (unpaired) electrons. The molecule has 10 N–H and O–H groups in total. The van der Waals surface area contributed by atoms with Crippen molar-refractivity contribution in [1.82, 2.24) is 26.2 Å². The second-order valence-electron chi connectivity index (χ2n) is 13.3. The quantitative estimate of drug-likeness (QED) is 0.0327. The number of hydrogen-bond donors (Lipinski definition) is 8. The SMILES string of the molecule is Nc1c(S(=O)(=O)O)cc2c3c(cc(S(=O)(=O)O)cc13)C(=O)N(CCCCCNC(=O)C(N)CCCCNCCCC[C@@H]1SC[C@@H]3NC(=O)N[C@@H]31)C2=O. The lowest BCUT2D eigenvalue weighted by Gasteiger charge is -2.28. The molecule has 5 amide bonds. The molecule has 3 aliphatic heterocycles. The van der Waals surface area contributed by atoms with Crippen LogP contribution < -0.4 is 32.7 Å². The minimum absolute atomic E-state index is 0.0628. The smallest absolute Gasteiger partial charge is 0.315 e.